The molecule has 0 unspecified atom stereocenters. The van der Waals surface area contributed by atoms with Gasteiger partial charge in [0.25, 0.3) is 0 Å². The van der Waals surface area contributed by atoms with Crippen molar-refractivity contribution in [1.82, 2.24) is 4.98 Å². The first-order valence-corrected chi connectivity index (χ1v) is 9.69. The minimum atomic E-state index is -2.41. The number of fused-ring (bicyclic) bond motifs is 1. The molecule has 0 aliphatic carbocycles. The number of nitrogens with one attached hydrogen (secondary N) is 1. The fourth-order valence-electron chi connectivity index (χ4n) is 2.39. The van der Waals surface area contributed by atoms with Gasteiger partial charge < -0.3 is 10.4 Å². The maximum Gasteiger partial charge on any atom is 0.310 e. The number of amides is 1. The number of carbonyl (C=O) groups excluding carboxylic acids is 1. The third kappa shape index (κ3) is 4.93. The highest BCUT2D eigenvalue weighted by Crippen LogP contribution is 2.32. The molecule has 0 aliphatic rings. The van der Waals surface area contributed by atoms with E-state index in [1.54, 1.807) is 18.2 Å². The zero-order chi connectivity index (χ0) is 20.3. The monoisotopic (exact) mass is 425 g/mol. The number of thioether (sulfide) groups is 1. The number of thiazole rings is 1. The van der Waals surface area contributed by atoms with E-state index < -0.39 is 28.7 Å². The summed E-state index contributed by atoms with van der Waals surface area (Å²) in [6.45, 7) is 0. The van der Waals surface area contributed by atoms with Gasteiger partial charge in [-0.05, 0) is 29.8 Å². The van der Waals surface area contributed by atoms with Gasteiger partial charge in [0, 0.05) is 11.8 Å². The largest absolute Gasteiger partial charge is 0.502 e. The highest BCUT2D eigenvalue weighted by Gasteiger charge is 2.15. The van der Waals surface area contributed by atoms with Crippen LogP contribution in [-0.2, 0) is 11.2 Å². The second-order valence-electron chi connectivity index (χ2n) is 5.67. The molecular weight excluding hydrogens is 412 g/mol. The van der Waals surface area contributed by atoms with Crippen LogP contribution in [0.25, 0.3) is 10.2 Å². The van der Waals surface area contributed by atoms with E-state index >= 15 is 0 Å². The van der Waals surface area contributed by atoms with Crippen LogP contribution in [0.1, 0.15) is 5.56 Å². The lowest BCUT2D eigenvalue weighted by molar-refractivity contribution is -0.385. The lowest BCUT2D eigenvalue weighted by atomic mass is 10.1. The molecule has 0 saturated carbocycles. The van der Waals surface area contributed by atoms with Crippen LogP contribution in [0.2, 0.25) is 0 Å². The Balaban J connectivity index is 1.69. The number of hydrogen-bond acceptors (Lipinski definition) is 7. The van der Waals surface area contributed by atoms with Gasteiger partial charge >= 0.3 is 5.69 Å². The van der Waals surface area contributed by atoms with E-state index in [0.717, 1.165) is 22.5 Å². The van der Waals surface area contributed by atoms with Crippen LogP contribution in [0.4, 0.5) is 20.2 Å². The lowest BCUT2D eigenvalue weighted by Gasteiger charge is -2.06. The van der Waals surface area contributed by atoms with Crippen molar-refractivity contribution in [3.63, 3.8) is 0 Å². The van der Waals surface area contributed by atoms with E-state index in [-0.39, 0.29) is 12.2 Å². The number of phenolic OH excluding ortho intramolecular Hbond substituents is 1. The van der Waals surface area contributed by atoms with Crippen LogP contribution in [0.15, 0.2) is 40.7 Å². The van der Waals surface area contributed by atoms with E-state index in [1.807, 2.05) is 0 Å². The summed E-state index contributed by atoms with van der Waals surface area (Å²) in [6, 6.07) is 8.76. The van der Waals surface area contributed by atoms with Crippen LogP contribution in [0.3, 0.4) is 0 Å². The first-order valence-electron chi connectivity index (χ1n) is 7.89. The molecule has 0 saturated heterocycles. The Morgan fingerprint density at radius 1 is 1.32 bits per heavy atom. The van der Waals surface area contributed by atoms with Gasteiger partial charge in [-0.2, -0.15) is 0 Å². The summed E-state index contributed by atoms with van der Waals surface area (Å²) in [5.74, 6) is -1.19. The van der Waals surface area contributed by atoms with Gasteiger partial charge in [0.2, 0.25) is 12.3 Å². The van der Waals surface area contributed by atoms with Crippen molar-refractivity contribution < 1.29 is 23.6 Å². The molecule has 0 bridgehead atoms. The van der Waals surface area contributed by atoms with Gasteiger partial charge in [0.15, 0.2) is 10.1 Å². The Hall–Kier alpha value is -2.79. The zero-order valence-electron chi connectivity index (χ0n) is 14.1. The average Bonchev–Trinajstić information content (AvgIpc) is 3.03. The number of rotatable bonds is 7. The van der Waals surface area contributed by atoms with Crippen molar-refractivity contribution in [2.75, 3.05) is 11.1 Å². The van der Waals surface area contributed by atoms with Gasteiger partial charge in [-0.1, -0.05) is 17.8 Å². The molecular formula is C17H13F2N3O4S2. The molecule has 1 heterocycles. The van der Waals surface area contributed by atoms with Crippen LogP contribution in [0.5, 0.6) is 5.75 Å². The second-order valence-corrected chi connectivity index (χ2v) is 7.97. The summed E-state index contributed by atoms with van der Waals surface area (Å²) in [4.78, 5) is 26.6. The van der Waals surface area contributed by atoms with E-state index in [4.69, 9.17) is 0 Å². The first-order chi connectivity index (χ1) is 13.3. The van der Waals surface area contributed by atoms with Crippen molar-refractivity contribution in [3.8, 4) is 5.75 Å². The predicted molar refractivity (Wildman–Crippen MR) is 103 cm³/mol. The van der Waals surface area contributed by atoms with Gasteiger partial charge in [-0.15, -0.1) is 11.3 Å². The minimum Gasteiger partial charge on any atom is -0.502 e. The molecule has 0 fully saturated rings. The van der Waals surface area contributed by atoms with E-state index in [0.29, 0.717) is 21.1 Å². The topological polar surface area (TPSA) is 105 Å². The predicted octanol–water partition coefficient (Wildman–Crippen LogP) is 4.45. The number of nitro groups is 1. The number of aromatic nitrogens is 1. The standard InChI is InChI=1S/C17H13F2N3O4S2/c18-15(19)8-27-17-21-11-3-2-10(7-14(11)28-17)20-16(24)6-9-1-4-13(23)12(5-9)22(25)26/h1-5,7,15,23H,6,8H2,(H,20,24). The maximum atomic E-state index is 12.3. The molecule has 28 heavy (non-hydrogen) atoms. The normalized spacial score (nSPS) is 11.1. The Morgan fingerprint density at radius 3 is 2.82 bits per heavy atom. The molecule has 3 rings (SSSR count). The van der Waals surface area contributed by atoms with Crippen molar-refractivity contribution in [2.24, 2.45) is 0 Å². The molecule has 2 N–H and O–H groups in total. The van der Waals surface area contributed by atoms with Crippen molar-refractivity contribution in [3.05, 3.63) is 52.1 Å². The number of hydrogen-bond donors (Lipinski definition) is 2. The van der Waals surface area contributed by atoms with Crippen LogP contribution in [0, 0.1) is 10.1 Å². The average molecular weight is 425 g/mol. The van der Waals surface area contributed by atoms with E-state index in [1.165, 1.54) is 23.5 Å². The highest BCUT2D eigenvalue weighted by molar-refractivity contribution is 8.01. The smallest absolute Gasteiger partial charge is 0.310 e. The molecule has 7 nitrogen and oxygen atoms in total. The number of phenols is 1. The Morgan fingerprint density at radius 2 is 2.11 bits per heavy atom. The van der Waals surface area contributed by atoms with Crippen LogP contribution < -0.4 is 5.32 Å². The third-order valence-electron chi connectivity index (χ3n) is 3.59. The highest BCUT2D eigenvalue weighted by atomic mass is 32.2. The van der Waals surface area contributed by atoms with Crippen molar-refractivity contribution in [1.29, 1.82) is 0 Å². The summed E-state index contributed by atoms with van der Waals surface area (Å²) < 4.78 is 25.9. The molecule has 0 aliphatic heterocycles. The summed E-state index contributed by atoms with van der Waals surface area (Å²) in [7, 11) is 0. The number of halogens is 2. The number of benzene rings is 2. The van der Waals surface area contributed by atoms with Crippen LogP contribution >= 0.6 is 23.1 Å². The minimum absolute atomic E-state index is 0.114. The molecule has 11 heteroatoms. The van der Waals surface area contributed by atoms with Gasteiger partial charge in [0.1, 0.15) is 0 Å². The third-order valence-corrected chi connectivity index (χ3v) is 5.76. The van der Waals surface area contributed by atoms with Crippen LogP contribution in [-0.4, -0.2) is 33.1 Å². The second kappa shape index (κ2) is 8.48. The summed E-state index contributed by atoms with van der Waals surface area (Å²) in [5, 5.41) is 23.0. The first kappa shape index (κ1) is 20.0. The number of nitrogens with zero attached hydrogens (tertiary/aromatic N) is 2. The Labute approximate surface area is 165 Å². The molecule has 2 aromatic carbocycles. The number of aromatic hydroxyl groups is 1. The van der Waals surface area contributed by atoms with Gasteiger partial charge in [-0.3, -0.25) is 14.9 Å². The summed E-state index contributed by atoms with van der Waals surface area (Å²) >= 11 is 2.23. The fraction of sp³-hybridized carbons (Fsp3) is 0.176. The molecule has 1 aromatic heterocycles. The zero-order valence-corrected chi connectivity index (χ0v) is 15.7. The van der Waals surface area contributed by atoms with E-state index in [9.17, 15) is 28.8 Å². The molecule has 0 atom stereocenters. The number of alkyl halides is 2. The molecule has 1 amide bonds. The molecule has 0 radical (unpaired) electrons. The SMILES string of the molecule is O=C(Cc1ccc(O)c([N+](=O)[O-])c1)Nc1ccc2nc(SCC(F)F)sc2c1. The van der Waals surface area contributed by atoms with Gasteiger partial charge in [-0.25, -0.2) is 13.8 Å². The van der Waals surface area contributed by atoms with Crippen molar-refractivity contribution >= 4 is 50.6 Å². The lowest BCUT2D eigenvalue weighted by Crippen LogP contribution is -2.14. The fourth-order valence-corrected chi connectivity index (χ4v) is 4.27. The molecule has 3 aromatic rings. The maximum absolute atomic E-state index is 12.3. The molecule has 0 spiro atoms. The number of anilines is 1. The quantitative estimate of drug-likeness (QED) is 0.329. The van der Waals surface area contributed by atoms with Crippen molar-refractivity contribution in [2.45, 2.75) is 17.2 Å². The number of nitro benzene ring substituents is 1. The summed E-state index contributed by atoms with van der Waals surface area (Å²) in [5.41, 5.74) is 1.06. The van der Waals surface area contributed by atoms with Gasteiger partial charge in [0.05, 0.1) is 27.3 Å². The Bertz CT molecular complexity index is 1040. The Kier molecular flexibility index (Phi) is 6.05. The molecule has 146 valence electrons. The summed E-state index contributed by atoms with van der Waals surface area (Å²) in [6.07, 6.45) is -2.53. The number of carbonyl (C=O) groups is 1. The van der Waals surface area contributed by atoms with E-state index in [2.05, 4.69) is 10.3 Å².